The van der Waals surface area contributed by atoms with E-state index in [1.54, 1.807) is 0 Å². The molecule has 0 saturated carbocycles. The van der Waals surface area contributed by atoms with Crippen LogP contribution in [0.3, 0.4) is 0 Å². The van der Waals surface area contributed by atoms with Crippen molar-refractivity contribution in [1.82, 2.24) is 5.32 Å². The maximum atomic E-state index is 9.81. The summed E-state index contributed by atoms with van der Waals surface area (Å²) in [4.78, 5) is 1.47. The van der Waals surface area contributed by atoms with Gasteiger partial charge in [0.2, 0.25) is 0 Å². The van der Waals surface area contributed by atoms with Gasteiger partial charge in [0.25, 0.3) is 0 Å². The van der Waals surface area contributed by atoms with Crippen LogP contribution in [0, 0.1) is 13.8 Å². The zero-order valence-electron chi connectivity index (χ0n) is 11.0. The van der Waals surface area contributed by atoms with E-state index in [2.05, 4.69) is 14.7 Å². The van der Waals surface area contributed by atoms with E-state index < -0.39 is 0 Å². The SMILES string of the molecule is Cc1cc(C(=S)NCCCl)c(C)cc1SOO[O-].[Na+]. The van der Waals surface area contributed by atoms with E-state index in [0.717, 1.165) is 33.6 Å². The summed E-state index contributed by atoms with van der Waals surface area (Å²) in [5.41, 5.74) is 2.89. The van der Waals surface area contributed by atoms with Gasteiger partial charge in [-0.25, -0.2) is 0 Å². The van der Waals surface area contributed by atoms with Crippen molar-refractivity contribution in [3.63, 3.8) is 0 Å². The molecule has 0 aliphatic carbocycles. The minimum absolute atomic E-state index is 0. The third-order valence-electron chi connectivity index (χ3n) is 2.30. The molecule has 0 heterocycles. The maximum Gasteiger partial charge on any atom is 1.00 e. The Morgan fingerprint density at radius 2 is 2.11 bits per heavy atom. The van der Waals surface area contributed by atoms with Crippen LogP contribution in [0.4, 0.5) is 0 Å². The molecular weight excluding hydrogens is 317 g/mol. The molecule has 19 heavy (non-hydrogen) atoms. The van der Waals surface area contributed by atoms with Gasteiger partial charge in [-0.1, -0.05) is 12.2 Å². The summed E-state index contributed by atoms with van der Waals surface area (Å²) in [5, 5.41) is 16.2. The Labute approximate surface area is 149 Å². The van der Waals surface area contributed by atoms with Crippen LogP contribution < -0.4 is 40.1 Å². The van der Waals surface area contributed by atoms with E-state index in [1.807, 2.05) is 26.0 Å². The number of halogens is 1. The summed E-state index contributed by atoms with van der Waals surface area (Å²) in [5.74, 6) is 0.501. The molecular formula is C11H13ClNNaO3S2. The standard InChI is InChI=1S/C11H14ClNO3S2.Na/c1-7-6-10(18-16-15-14)8(2)5-9(7)11(17)13-4-3-12;/h5-6,14H,3-4H2,1-2H3,(H,13,17);/q;+1/p-1. The molecule has 0 bridgehead atoms. The van der Waals surface area contributed by atoms with Crippen molar-refractivity contribution in [1.29, 1.82) is 0 Å². The molecule has 1 aromatic rings. The van der Waals surface area contributed by atoms with Crippen molar-refractivity contribution in [3.05, 3.63) is 28.8 Å². The van der Waals surface area contributed by atoms with E-state index in [1.165, 1.54) is 0 Å². The molecule has 0 fully saturated rings. The quantitative estimate of drug-likeness (QED) is 0.181. The van der Waals surface area contributed by atoms with Gasteiger partial charge < -0.3 is 10.6 Å². The van der Waals surface area contributed by atoms with E-state index in [4.69, 9.17) is 23.8 Å². The third kappa shape index (κ3) is 6.29. The van der Waals surface area contributed by atoms with Gasteiger partial charge in [0, 0.05) is 22.9 Å². The van der Waals surface area contributed by atoms with Crippen molar-refractivity contribution in [2.45, 2.75) is 18.7 Å². The van der Waals surface area contributed by atoms with Crippen LogP contribution in [0.2, 0.25) is 0 Å². The third-order valence-corrected chi connectivity index (χ3v) is 3.59. The summed E-state index contributed by atoms with van der Waals surface area (Å²) in [6, 6.07) is 3.83. The molecule has 0 amide bonds. The van der Waals surface area contributed by atoms with E-state index in [9.17, 15) is 5.26 Å². The predicted molar refractivity (Wildman–Crippen MR) is 74.4 cm³/mol. The Balaban J connectivity index is 0.00000324. The van der Waals surface area contributed by atoms with Crippen LogP contribution in [-0.4, -0.2) is 17.4 Å². The van der Waals surface area contributed by atoms with Gasteiger partial charge in [-0.05, 0) is 37.1 Å². The normalized spacial score (nSPS) is 9.89. The predicted octanol–water partition coefficient (Wildman–Crippen LogP) is -0.958. The first-order valence-corrected chi connectivity index (χ1v) is 6.87. The van der Waals surface area contributed by atoms with E-state index in [0.29, 0.717) is 17.4 Å². The van der Waals surface area contributed by atoms with Gasteiger partial charge in [-0.2, -0.15) is 4.33 Å². The minimum atomic E-state index is 0. The second-order valence-electron chi connectivity index (χ2n) is 3.60. The Morgan fingerprint density at radius 1 is 1.42 bits per heavy atom. The summed E-state index contributed by atoms with van der Waals surface area (Å²) in [6.07, 6.45) is 0. The van der Waals surface area contributed by atoms with Crippen molar-refractivity contribution >= 4 is 40.9 Å². The number of hydrogen-bond donors (Lipinski definition) is 1. The smallest absolute Gasteiger partial charge is 0.691 e. The monoisotopic (exact) mass is 329 g/mol. The molecule has 1 N–H and O–H groups in total. The van der Waals surface area contributed by atoms with Crippen molar-refractivity contribution in [2.75, 3.05) is 12.4 Å². The minimum Gasteiger partial charge on any atom is -0.691 e. The first kappa shape index (κ1) is 19.6. The molecule has 0 aliphatic rings. The number of nitrogens with one attached hydrogen (secondary N) is 1. The molecule has 1 rings (SSSR count). The van der Waals surface area contributed by atoms with Crippen LogP contribution in [-0.2, 0) is 9.37 Å². The maximum absolute atomic E-state index is 9.81. The van der Waals surface area contributed by atoms with Gasteiger partial charge in [-0.3, -0.25) is 5.04 Å². The van der Waals surface area contributed by atoms with Crippen molar-refractivity contribution in [2.24, 2.45) is 0 Å². The largest absolute Gasteiger partial charge is 1.00 e. The van der Waals surface area contributed by atoms with Crippen LogP contribution in [0.25, 0.3) is 0 Å². The number of aryl methyl sites for hydroxylation is 2. The van der Waals surface area contributed by atoms with Crippen molar-refractivity contribution < 1.29 is 44.2 Å². The molecule has 4 nitrogen and oxygen atoms in total. The van der Waals surface area contributed by atoms with E-state index in [-0.39, 0.29) is 29.6 Å². The molecule has 0 unspecified atom stereocenters. The zero-order valence-corrected chi connectivity index (χ0v) is 15.4. The average Bonchev–Trinajstić information content (AvgIpc) is 2.36. The summed E-state index contributed by atoms with van der Waals surface area (Å²) < 4.78 is 4.32. The second-order valence-corrected chi connectivity index (χ2v) is 5.13. The molecule has 0 saturated heterocycles. The van der Waals surface area contributed by atoms with Crippen LogP contribution >= 0.6 is 35.9 Å². The van der Waals surface area contributed by atoms with Crippen molar-refractivity contribution in [3.8, 4) is 0 Å². The number of alkyl halides is 1. The van der Waals surface area contributed by atoms with Gasteiger partial charge in [0.05, 0.1) is 12.0 Å². The van der Waals surface area contributed by atoms with Crippen LogP contribution in [0.15, 0.2) is 17.0 Å². The van der Waals surface area contributed by atoms with Gasteiger partial charge in [0.1, 0.15) is 4.99 Å². The average molecular weight is 330 g/mol. The van der Waals surface area contributed by atoms with Gasteiger partial charge >= 0.3 is 29.6 Å². The zero-order chi connectivity index (χ0) is 13.5. The number of benzene rings is 1. The number of thiocarbonyl (C=S) groups is 1. The van der Waals surface area contributed by atoms with Gasteiger partial charge in [0.15, 0.2) is 0 Å². The number of rotatable bonds is 6. The summed E-state index contributed by atoms with van der Waals surface area (Å²) in [6.45, 7) is 4.47. The van der Waals surface area contributed by atoms with E-state index >= 15 is 0 Å². The Bertz CT molecular complexity index is 435. The van der Waals surface area contributed by atoms with Crippen LogP contribution in [0.5, 0.6) is 0 Å². The Hall–Kier alpha value is 0.630. The molecule has 0 aliphatic heterocycles. The topological polar surface area (TPSA) is 53.5 Å². The fraction of sp³-hybridized carbons (Fsp3) is 0.364. The van der Waals surface area contributed by atoms with Gasteiger partial charge in [-0.15, -0.1) is 11.6 Å². The molecule has 0 atom stereocenters. The molecule has 1 aromatic carbocycles. The summed E-state index contributed by atoms with van der Waals surface area (Å²) >= 11 is 11.8. The molecule has 0 radical (unpaired) electrons. The Morgan fingerprint density at radius 3 is 2.68 bits per heavy atom. The molecule has 0 aromatic heterocycles. The summed E-state index contributed by atoms with van der Waals surface area (Å²) in [7, 11) is 0. The fourth-order valence-corrected chi connectivity index (χ4v) is 2.36. The molecule has 100 valence electrons. The van der Waals surface area contributed by atoms with Crippen LogP contribution in [0.1, 0.15) is 16.7 Å². The first-order valence-electron chi connectivity index (χ1n) is 5.18. The second kappa shape index (κ2) is 10.4. The first-order chi connectivity index (χ1) is 8.60. The molecule has 0 spiro atoms. The fourth-order valence-electron chi connectivity index (χ4n) is 1.43. The number of hydrogen-bond acceptors (Lipinski definition) is 5. The molecule has 8 heteroatoms. The Kier molecular flexibility index (Phi) is 10.7.